The molecule has 3 rings (SSSR count). The molecule has 0 bridgehead atoms. The Morgan fingerprint density at radius 2 is 1.91 bits per heavy atom. The number of amides is 1. The van der Waals surface area contributed by atoms with E-state index in [9.17, 15) is 4.79 Å². The van der Waals surface area contributed by atoms with E-state index in [2.05, 4.69) is 10.4 Å². The summed E-state index contributed by atoms with van der Waals surface area (Å²) < 4.78 is 3.59. The normalized spacial score (nSPS) is 10.6. The molecule has 0 aliphatic rings. The van der Waals surface area contributed by atoms with E-state index < -0.39 is 0 Å². The van der Waals surface area contributed by atoms with Crippen molar-refractivity contribution in [3.8, 4) is 11.4 Å². The minimum absolute atomic E-state index is 0.126. The third-order valence-corrected chi connectivity index (χ3v) is 3.61. The molecule has 1 aromatic carbocycles. The van der Waals surface area contributed by atoms with E-state index >= 15 is 0 Å². The second kappa shape index (κ2) is 5.89. The molecule has 0 aliphatic heterocycles. The molecule has 0 radical (unpaired) electrons. The number of nitrogens with zero attached hydrogens (tertiary/aromatic N) is 3. The molecule has 1 N–H and O–H groups in total. The summed E-state index contributed by atoms with van der Waals surface area (Å²) in [5.74, 6) is -0.126. The minimum atomic E-state index is -0.126. The molecule has 22 heavy (non-hydrogen) atoms. The van der Waals surface area contributed by atoms with Crippen LogP contribution in [0.5, 0.6) is 0 Å². The zero-order valence-electron chi connectivity index (χ0n) is 12.7. The molecule has 2 aromatic heterocycles. The number of aryl methyl sites for hydroxylation is 2. The lowest BCUT2D eigenvalue weighted by Gasteiger charge is -2.05. The Bertz CT molecular complexity index is 786. The van der Waals surface area contributed by atoms with Gasteiger partial charge in [-0.2, -0.15) is 5.10 Å². The van der Waals surface area contributed by atoms with Crippen LogP contribution < -0.4 is 5.32 Å². The van der Waals surface area contributed by atoms with Crippen LogP contribution in [-0.2, 0) is 20.6 Å². The number of hydrogen-bond acceptors (Lipinski definition) is 2. The molecule has 5 nitrogen and oxygen atoms in total. The lowest BCUT2D eigenvalue weighted by atomic mass is 10.2. The Hall–Kier alpha value is -2.82. The SMILES string of the molecule is Cn1cccc1-c1cc(C(=O)NCc2ccccc2)n(C)n1. The highest BCUT2D eigenvalue weighted by Crippen LogP contribution is 2.18. The summed E-state index contributed by atoms with van der Waals surface area (Å²) in [5, 5.41) is 7.35. The lowest BCUT2D eigenvalue weighted by Crippen LogP contribution is -2.25. The van der Waals surface area contributed by atoms with E-state index in [0.29, 0.717) is 12.2 Å². The molecule has 0 saturated heterocycles. The highest BCUT2D eigenvalue weighted by molar-refractivity contribution is 5.93. The molecule has 1 amide bonds. The van der Waals surface area contributed by atoms with Gasteiger partial charge in [-0.25, -0.2) is 0 Å². The van der Waals surface area contributed by atoms with Crippen LogP contribution in [0.3, 0.4) is 0 Å². The smallest absolute Gasteiger partial charge is 0.269 e. The number of aromatic nitrogens is 3. The van der Waals surface area contributed by atoms with Crippen molar-refractivity contribution in [3.63, 3.8) is 0 Å². The minimum Gasteiger partial charge on any atom is -0.349 e. The van der Waals surface area contributed by atoms with Crippen LogP contribution in [0.2, 0.25) is 0 Å². The number of carbonyl (C=O) groups excluding carboxylic acids is 1. The highest BCUT2D eigenvalue weighted by Gasteiger charge is 2.15. The van der Waals surface area contributed by atoms with Crippen molar-refractivity contribution in [1.29, 1.82) is 0 Å². The van der Waals surface area contributed by atoms with E-state index in [0.717, 1.165) is 17.0 Å². The van der Waals surface area contributed by atoms with Gasteiger partial charge in [0.1, 0.15) is 11.4 Å². The Morgan fingerprint density at radius 3 is 2.59 bits per heavy atom. The first-order chi connectivity index (χ1) is 10.6. The predicted octanol–water partition coefficient (Wildman–Crippen LogP) is 2.36. The molecule has 0 spiro atoms. The molecule has 0 aliphatic carbocycles. The van der Waals surface area contributed by atoms with Crippen molar-refractivity contribution in [3.05, 3.63) is 66.0 Å². The third kappa shape index (κ3) is 2.79. The Labute approximate surface area is 129 Å². The van der Waals surface area contributed by atoms with E-state index in [1.54, 1.807) is 11.7 Å². The van der Waals surface area contributed by atoms with Crippen molar-refractivity contribution < 1.29 is 4.79 Å². The monoisotopic (exact) mass is 294 g/mol. The van der Waals surface area contributed by atoms with Crippen LogP contribution in [0.1, 0.15) is 16.1 Å². The van der Waals surface area contributed by atoms with E-state index in [-0.39, 0.29) is 5.91 Å². The fourth-order valence-electron chi connectivity index (χ4n) is 2.40. The molecule has 0 unspecified atom stereocenters. The number of carbonyl (C=O) groups is 1. The Kier molecular flexibility index (Phi) is 3.78. The number of benzene rings is 1. The van der Waals surface area contributed by atoms with Crippen molar-refractivity contribution in [2.45, 2.75) is 6.54 Å². The van der Waals surface area contributed by atoms with Gasteiger partial charge in [0.05, 0.1) is 5.69 Å². The average Bonchev–Trinajstić information content (AvgIpc) is 3.11. The van der Waals surface area contributed by atoms with Crippen LogP contribution in [0.25, 0.3) is 11.4 Å². The summed E-state index contributed by atoms with van der Waals surface area (Å²) in [5.41, 5.74) is 3.39. The maximum Gasteiger partial charge on any atom is 0.269 e. The van der Waals surface area contributed by atoms with Crippen LogP contribution >= 0.6 is 0 Å². The van der Waals surface area contributed by atoms with Crippen molar-refractivity contribution >= 4 is 5.91 Å². The van der Waals surface area contributed by atoms with Gasteiger partial charge in [-0.15, -0.1) is 0 Å². The van der Waals surface area contributed by atoms with E-state index in [4.69, 9.17) is 0 Å². The third-order valence-electron chi connectivity index (χ3n) is 3.61. The second-order valence-electron chi connectivity index (χ2n) is 5.21. The molecular weight excluding hydrogens is 276 g/mol. The first-order valence-corrected chi connectivity index (χ1v) is 7.13. The molecule has 0 saturated carbocycles. The molecule has 2 heterocycles. The summed E-state index contributed by atoms with van der Waals surface area (Å²) >= 11 is 0. The number of rotatable bonds is 4. The molecular formula is C17H18N4O. The first-order valence-electron chi connectivity index (χ1n) is 7.13. The van der Waals surface area contributed by atoms with E-state index in [1.165, 1.54) is 0 Å². The first kappa shape index (κ1) is 14.1. The summed E-state index contributed by atoms with van der Waals surface area (Å²) in [6.45, 7) is 0.504. The van der Waals surface area contributed by atoms with Gasteiger partial charge in [-0.1, -0.05) is 30.3 Å². The quantitative estimate of drug-likeness (QED) is 0.803. The highest BCUT2D eigenvalue weighted by atomic mass is 16.2. The number of nitrogens with one attached hydrogen (secondary N) is 1. The van der Waals surface area contributed by atoms with Crippen LogP contribution in [0, 0.1) is 0 Å². The topological polar surface area (TPSA) is 51.9 Å². The largest absolute Gasteiger partial charge is 0.349 e. The van der Waals surface area contributed by atoms with Gasteiger partial charge in [0.2, 0.25) is 0 Å². The lowest BCUT2D eigenvalue weighted by molar-refractivity contribution is 0.0941. The zero-order valence-corrected chi connectivity index (χ0v) is 12.7. The van der Waals surface area contributed by atoms with Crippen LogP contribution in [0.4, 0.5) is 0 Å². The molecule has 0 fully saturated rings. The molecule has 0 atom stereocenters. The van der Waals surface area contributed by atoms with Crippen LogP contribution in [0.15, 0.2) is 54.7 Å². The zero-order chi connectivity index (χ0) is 15.5. The Morgan fingerprint density at radius 1 is 1.14 bits per heavy atom. The molecule has 3 aromatic rings. The molecule has 5 heteroatoms. The van der Waals surface area contributed by atoms with Crippen molar-refractivity contribution in [2.24, 2.45) is 14.1 Å². The standard InChI is InChI=1S/C17H18N4O/c1-20-10-6-9-15(20)14-11-16(21(2)19-14)17(22)18-12-13-7-4-3-5-8-13/h3-11H,12H2,1-2H3,(H,18,22). The van der Waals surface area contributed by atoms with Gasteiger partial charge >= 0.3 is 0 Å². The van der Waals surface area contributed by atoms with Gasteiger partial charge in [-0.05, 0) is 23.8 Å². The predicted molar refractivity (Wildman–Crippen MR) is 85.2 cm³/mol. The van der Waals surface area contributed by atoms with Gasteiger partial charge in [0, 0.05) is 26.8 Å². The summed E-state index contributed by atoms with van der Waals surface area (Å²) in [6.07, 6.45) is 1.96. The van der Waals surface area contributed by atoms with Crippen molar-refractivity contribution in [1.82, 2.24) is 19.7 Å². The fourth-order valence-corrected chi connectivity index (χ4v) is 2.40. The molecule has 112 valence electrons. The maximum atomic E-state index is 12.3. The van der Waals surface area contributed by atoms with Crippen LogP contribution in [-0.4, -0.2) is 20.3 Å². The fraction of sp³-hybridized carbons (Fsp3) is 0.176. The summed E-state index contributed by atoms with van der Waals surface area (Å²) in [4.78, 5) is 12.3. The Balaban J connectivity index is 1.76. The summed E-state index contributed by atoms with van der Waals surface area (Å²) in [6, 6.07) is 15.6. The summed E-state index contributed by atoms with van der Waals surface area (Å²) in [7, 11) is 3.74. The van der Waals surface area contributed by atoms with E-state index in [1.807, 2.05) is 66.3 Å². The van der Waals surface area contributed by atoms with Crippen molar-refractivity contribution in [2.75, 3.05) is 0 Å². The number of hydrogen-bond donors (Lipinski definition) is 1. The second-order valence-corrected chi connectivity index (χ2v) is 5.21. The van der Waals surface area contributed by atoms with Gasteiger partial charge in [0.15, 0.2) is 0 Å². The maximum absolute atomic E-state index is 12.3. The van der Waals surface area contributed by atoms with Gasteiger partial charge in [-0.3, -0.25) is 9.48 Å². The van der Waals surface area contributed by atoms with Gasteiger partial charge in [0.25, 0.3) is 5.91 Å². The van der Waals surface area contributed by atoms with Gasteiger partial charge < -0.3 is 9.88 Å². The average molecular weight is 294 g/mol.